The summed E-state index contributed by atoms with van der Waals surface area (Å²) in [7, 11) is 0. The van der Waals surface area contributed by atoms with Gasteiger partial charge in [0.05, 0.1) is 0 Å². The van der Waals surface area contributed by atoms with E-state index >= 15 is 0 Å². The van der Waals surface area contributed by atoms with Crippen molar-refractivity contribution in [3.8, 4) is 11.1 Å². The molecule has 0 saturated carbocycles. The highest BCUT2D eigenvalue weighted by molar-refractivity contribution is 7.59. The summed E-state index contributed by atoms with van der Waals surface area (Å²) >= 11 is 10.3. The quantitative estimate of drug-likeness (QED) is 0.683. The van der Waals surface area contributed by atoms with Gasteiger partial charge in [-0.15, -0.1) is 9.79 Å². The maximum Gasteiger partial charge on any atom is 0.0272 e. The van der Waals surface area contributed by atoms with Crippen molar-refractivity contribution in [3.63, 3.8) is 0 Å². The second kappa shape index (κ2) is 3.86. The van der Waals surface area contributed by atoms with Crippen LogP contribution in [0.3, 0.4) is 0 Å². The molecule has 2 nitrogen and oxygen atoms in total. The number of aromatic nitrogens is 2. The van der Waals surface area contributed by atoms with Gasteiger partial charge in [-0.1, -0.05) is 0 Å². The maximum absolute atomic E-state index is 5.16. The average molecular weight is 218 g/mol. The Bertz CT molecular complexity index is 414. The molecule has 0 amide bonds. The molecule has 2 rings (SSSR count). The van der Waals surface area contributed by atoms with Crippen molar-refractivity contribution < 1.29 is 0 Å². The van der Waals surface area contributed by atoms with E-state index in [0.717, 1.165) is 11.1 Å². The first-order chi connectivity index (χ1) is 6.79. The largest absolute Gasteiger partial charge is 0.778 e. The topological polar surface area (TPSA) is 25.8 Å². The smallest absolute Gasteiger partial charge is 0.0272 e. The first-order valence-corrected chi connectivity index (χ1v) is 4.83. The van der Waals surface area contributed by atoms with E-state index in [9.17, 15) is 0 Å². The molecule has 14 heavy (non-hydrogen) atoms. The summed E-state index contributed by atoms with van der Waals surface area (Å²) in [6.07, 6.45) is 6.72. The van der Waals surface area contributed by atoms with Gasteiger partial charge in [-0.25, -0.2) is 0 Å². The SMILES string of the molecule is [S-]c1cnccc1-c1ccncc1[S-]. The summed E-state index contributed by atoms with van der Waals surface area (Å²) in [5.74, 6) is 0. The van der Waals surface area contributed by atoms with Gasteiger partial charge in [0.15, 0.2) is 0 Å². The zero-order valence-electron chi connectivity index (χ0n) is 7.18. The molecule has 70 valence electrons. The molecule has 0 radical (unpaired) electrons. The molecule has 0 bridgehead atoms. The number of hydrogen-bond acceptors (Lipinski definition) is 4. The first-order valence-electron chi connectivity index (χ1n) is 4.01. The molecule has 0 spiro atoms. The van der Waals surface area contributed by atoms with Crippen LogP contribution in [0, 0.1) is 0 Å². The zero-order chi connectivity index (χ0) is 9.97. The minimum Gasteiger partial charge on any atom is -0.778 e. The third-order valence-corrected chi connectivity index (χ3v) is 2.51. The Morgan fingerprint density at radius 1 is 0.786 bits per heavy atom. The van der Waals surface area contributed by atoms with E-state index in [1.54, 1.807) is 24.8 Å². The summed E-state index contributed by atoms with van der Waals surface area (Å²) in [4.78, 5) is 9.32. The van der Waals surface area contributed by atoms with Crippen LogP contribution in [-0.2, 0) is 25.3 Å². The Hall–Kier alpha value is -1.26. The molecule has 0 aliphatic rings. The van der Waals surface area contributed by atoms with Crippen LogP contribution in [0.15, 0.2) is 46.7 Å². The summed E-state index contributed by atoms with van der Waals surface area (Å²) in [5, 5.41) is 0. The molecule has 0 atom stereocenters. The second-order valence-corrected chi connectivity index (χ2v) is 3.62. The summed E-state index contributed by atoms with van der Waals surface area (Å²) in [5.41, 5.74) is 1.89. The lowest BCUT2D eigenvalue weighted by Gasteiger charge is -2.18. The standard InChI is InChI=1S/C10H8N2S2/c13-9-5-11-3-1-7(9)8-2-4-12-6-10(8)14/h1-6,13-14H/p-2. The van der Waals surface area contributed by atoms with E-state index in [2.05, 4.69) is 9.97 Å². The van der Waals surface area contributed by atoms with E-state index in [-0.39, 0.29) is 0 Å². The minimum atomic E-state index is 0.713. The van der Waals surface area contributed by atoms with Crippen molar-refractivity contribution in [1.29, 1.82) is 0 Å². The molecule has 0 N–H and O–H groups in total. The molecule has 0 aliphatic carbocycles. The van der Waals surface area contributed by atoms with Gasteiger partial charge in [-0.2, -0.15) is 0 Å². The lowest BCUT2D eigenvalue weighted by atomic mass is 10.1. The fourth-order valence-corrected chi connectivity index (χ4v) is 1.68. The number of rotatable bonds is 1. The van der Waals surface area contributed by atoms with Crippen LogP contribution in [0.5, 0.6) is 0 Å². The fourth-order valence-electron chi connectivity index (χ4n) is 1.20. The Labute approximate surface area is 93.2 Å². The van der Waals surface area contributed by atoms with Crippen molar-refractivity contribution >= 4 is 25.3 Å². The molecular formula is C10H6N2S2-2. The van der Waals surface area contributed by atoms with Crippen molar-refractivity contribution in [2.75, 3.05) is 0 Å². The Morgan fingerprint density at radius 3 is 1.57 bits per heavy atom. The van der Waals surface area contributed by atoms with Crippen LogP contribution >= 0.6 is 0 Å². The molecule has 4 heteroatoms. The maximum atomic E-state index is 5.16. The molecule has 2 aromatic rings. The molecule has 0 unspecified atom stereocenters. The van der Waals surface area contributed by atoms with Crippen molar-refractivity contribution in [3.05, 3.63) is 36.9 Å². The van der Waals surface area contributed by atoms with Crippen molar-refractivity contribution in [2.45, 2.75) is 9.79 Å². The lowest BCUT2D eigenvalue weighted by Crippen LogP contribution is -1.87. The summed E-state index contributed by atoms with van der Waals surface area (Å²) < 4.78 is 0. The molecule has 2 aromatic heterocycles. The number of pyridine rings is 2. The first kappa shape index (κ1) is 9.30. The van der Waals surface area contributed by atoms with Crippen LogP contribution in [-0.4, -0.2) is 9.97 Å². The van der Waals surface area contributed by atoms with Crippen LogP contribution < -0.4 is 0 Å². The highest BCUT2D eigenvalue weighted by Gasteiger charge is 1.96. The van der Waals surface area contributed by atoms with Gasteiger partial charge in [0.1, 0.15) is 0 Å². The van der Waals surface area contributed by atoms with Crippen LogP contribution in [0.25, 0.3) is 11.1 Å². The average Bonchev–Trinajstić information content (AvgIpc) is 2.20. The van der Waals surface area contributed by atoms with E-state index in [1.165, 1.54) is 0 Å². The monoisotopic (exact) mass is 218 g/mol. The zero-order valence-corrected chi connectivity index (χ0v) is 8.81. The Kier molecular flexibility index (Phi) is 2.56. The molecule has 0 aromatic carbocycles. The van der Waals surface area contributed by atoms with E-state index in [1.807, 2.05) is 12.1 Å². The van der Waals surface area contributed by atoms with Crippen molar-refractivity contribution in [2.24, 2.45) is 0 Å². The molecular weight excluding hydrogens is 212 g/mol. The van der Waals surface area contributed by atoms with Gasteiger partial charge in [0.2, 0.25) is 0 Å². The van der Waals surface area contributed by atoms with E-state index < -0.39 is 0 Å². The predicted molar refractivity (Wildman–Crippen MR) is 58.7 cm³/mol. The van der Waals surface area contributed by atoms with Gasteiger partial charge in [0, 0.05) is 24.8 Å². The second-order valence-electron chi connectivity index (χ2n) is 2.74. The molecule has 2 heterocycles. The predicted octanol–water partition coefficient (Wildman–Crippen LogP) is 1.96. The molecule has 0 fully saturated rings. The summed E-state index contributed by atoms with van der Waals surface area (Å²) in [6, 6.07) is 3.74. The molecule has 0 aliphatic heterocycles. The Balaban J connectivity index is 2.61. The van der Waals surface area contributed by atoms with E-state index in [4.69, 9.17) is 25.3 Å². The van der Waals surface area contributed by atoms with Crippen LogP contribution in [0.2, 0.25) is 0 Å². The Morgan fingerprint density at radius 2 is 1.21 bits per heavy atom. The summed E-state index contributed by atoms with van der Waals surface area (Å²) in [6.45, 7) is 0. The van der Waals surface area contributed by atoms with Crippen LogP contribution in [0.4, 0.5) is 0 Å². The highest BCUT2D eigenvalue weighted by atomic mass is 32.1. The normalized spacial score (nSPS) is 10.0. The van der Waals surface area contributed by atoms with Gasteiger partial charge in [0.25, 0.3) is 0 Å². The van der Waals surface area contributed by atoms with E-state index in [0.29, 0.717) is 9.79 Å². The van der Waals surface area contributed by atoms with Gasteiger partial charge in [-0.05, 0) is 23.3 Å². The fraction of sp³-hybridized carbons (Fsp3) is 0. The van der Waals surface area contributed by atoms with Gasteiger partial charge in [-0.3, -0.25) is 9.97 Å². The molecule has 0 saturated heterocycles. The number of nitrogens with zero attached hydrogens (tertiary/aromatic N) is 2. The van der Waals surface area contributed by atoms with Gasteiger partial charge < -0.3 is 25.3 Å². The minimum absolute atomic E-state index is 0.713. The third kappa shape index (κ3) is 1.66. The van der Waals surface area contributed by atoms with Crippen molar-refractivity contribution in [1.82, 2.24) is 9.97 Å². The number of hydrogen-bond donors (Lipinski definition) is 0. The highest BCUT2D eigenvalue weighted by Crippen LogP contribution is 2.25. The van der Waals surface area contributed by atoms with Gasteiger partial charge >= 0.3 is 0 Å². The lowest BCUT2D eigenvalue weighted by molar-refractivity contribution is 1.20. The third-order valence-electron chi connectivity index (χ3n) is 1.86. The van der Waals surface area contributed by atoms with Crippen LogP contribution in [0.1, 0.15) is 0 Å².